The molecule has 0 spiro atoms. The number of para-hydroxylation sites is 2. The summed E-state index contributed by atoms with van der Waals surface area (Å²) in [5.74, 6) is 0.873. The molecule has 1 aromatic heterocycles. The van der Waals surface area contributed by atoms with Gasteiger partial charge in [-0.25, -0.2) is 4.98 Å². The molecule has 3 nitrogen and oxygen atoms in total. The zero-order valence-electron chi connectivity index (χ0n) is 17.1. The maximum absolute atomic E-state index is 13.1. The third kappa shape index (κ3) is 5.31. The van der Waals surface area contributed by atoms with Gasteiger partial charge in [0.1, 0.15) is 5.82 Å². The third-order valence-electron chi connectivity index (χ3n) is 5.36. The molecule has 0 aliphatic heterocycles. The second-order valence-electron chi connectivity index (χ2n) is 7.60. The minimum atomic E-state index is 0.0303. The molecule has 148 valence electrons. The monoisotopic (exact) mass is 376 g/mol. The van der Waals surface area contributed by atoms with Crippen LogP contribution >= 0.6 is 0 Å². The summed E-state index contributed by atoms with van der Waals surface area (Å²) in [4.78, 5) is 18.0. The van der Waals surface area contributed by atoms with Gasteiger partial charge in [-0.15, -0.1) is 0 Å². The van der Waals surface area contributed by atoms with E-state index in [0.29, 0.717) is 5.39 Å². The normalized spacial score (nSPS) is 11.2. The number of hydrogen-bond donors (Lipinski definition) is 0. The Balaban J connectivity index is 1.67. The van der Waals surface area contributed by atoms with Gasteiger partial charge in [-0.3, -0.25) is 9.36 Å². The summed E-state index contributed by atoms with van der Waals surface area (Å²) in [7, 11) is 0. The molecule has 0 saturated heterocycles. The molecular formula is C25H32N2O. The average molecular weight is 377 g/mol. The smallest absolute Gasteiger partial charge is 0.265 e. The maximum atomic E-state index is 13.1. The predicted molar refractivity (Wildman–Crippen MR) is 118 cm³/mol. The molecule has 0 aliphatic rings. The van der Waals surface area contributed by atoms with Crippen molar-refractivity contribution in [2.45, 2.75) is 71.1 Å². The number of benzene rings is 2. The lowest BCUT2D eigenvalue weighted by molar-refractivity contribution is 0.560. The van der Waals surface area contributed by atoms with Gasteiger partial charge in [-0.05, 0) is 30.7 Å². The molecule has 3 heteroatoms. The molecular weight excluding hydrogens is 344 g/mol. The van der Waals surface area contributed by atoms with Crippen molar-refractivity contribution in [2.75, 3.05) is 0 Å². The number of aromatic nitrogens is 2. The van der Waals surface area contributed by atoms with E-state index in [1.54, 1.807) is 4.57 Å². The molecule has 0 fully saturated rings. The topological polar surface area (TPSA) is 34.9 Å². The van der Waals surface area contributed by atoms with Gasteiger partial charge < -0.3 is 0 Å². The highest BCUT2D eigenvalue weighted by Crippen LogP contribution is 2.16. The largest absolute Gasteiger partial charge is 0.268 e. The molecule has 0 saturated carbocycles. The molecule has 0 amide bonds. The van der Waals surface area contributed by atoms with E-state index in [4.69, 9.17) is 4.98 Å². The standard InChI is InChI=1S/C25H32N2O/c1-2-3-4-5-6-7-8-9-13-20-24-26-23-19-15-14-18-22(23)25(28)27(24)21-16-11-10-12-17-21/h10-12,14-19H,2-9,13,20H2,1H3. The first-order valence-electron chi connectivity index (χ1n) is 10.9. The first-order valence-corrected chi connectivity index (χ1v) is 10.9. The molecule has 2 aromatic carbocycles. The Morgan fingerprint density at radius 1 is 0.750 bits per heavy atom. The van der Waals surface area contributed by atoms with E-state index < -0.39 is 0 Å². The Morgan fingerprint density at radius 2 is 1.36 bits per heavy atom. The fourth-order valence-electron chi connectivity index (χ4n) is 3.78. The zero-order valence-corrected chi connectivity index (χ0v) is 17.1. The van der Waals surface area contributed by atoms with Crippen LogP contribution < -0.4 is 5.56 Å². The van der Waals surface area contributed by atoms with Gasteiger partial charge in [-0.1, -0.05) is 88.6 Å². The highest BCUT2D eigenvalue weighted by Gasteiger charge is 2.12. The molecule has 28 heavy (non-hydrogen) atoms. The summed E-state index contributed by atoms with van der Waals surface area (Å²) in [5.41, 5.74) is 1.73. The van der Waals surface area contributed by atoms with Crippen molar-refractivity contribution in [2.24, 2.45) is 0 Å². The van der Waals surface area contributed by atoms with Crippen molar-refractivity contribution < 1.29 is 0 Å². The SMILES string of the molecule is CCCCCCCCCCCc1nc2ccccc2c(=O)n1-c1ccccc1. The lowest BCUT2D eigenvalue weighted by Gasteiger charge is -2.13. The summed E-state index contributed by atoms with van der Waals surface area (Å²) < 4.78 is 1.80. The number of rotatable bonds is 11. The van der Waals surface area contributed by atoms with E-state index in [0.717, 1.165) is 29.9 Å². The number of fused-ring (bicyclic) bond motifs is 1. The number of nitrogens with zero attached hydrogens (tertiary/aromatic N) is 2. The van der Waals surface area contributed by atoms with Crippen LogP contribution in [-0.4, -0.2) is 9.55 Å². The summed E-state index contributed by atoms with van der Waals surface area (Å²) in [6.07, 6.45) is 12.5. The average Bonchev–Trinajstić information content (AvgIpc) is 2.73. The zero-order chi connectivity index (χ0) is 19.6. The Bertz CT molecular complexity index is 915. The van der Waals surface area contributed by atoms with E-state index in [1.807, 2.05) is 54.6 Å². The van der Waals surface area contributed by atoms with Gasteiger partial charge in [0.2, 0.25) is 0 Å². The van der Waals surface area contributed by atoms with Crippen LogP contribution in [0.5, 0.6) is 0 Å². The van der Waals surface area contributed by atoms with Gasteiger partial charge in [0, 0.05) is 6.42 Å². The lowest BCUT2D eigenvalue weighted by Crippen LogP contribution is -2.24. The summed E-state index contributed by atoms with van der Waals surface area (Å²) in [6.45, 7) is 2.26. The Hall–Kier alpha value is -2.42. The number of unbranched alkanes of at least 4 members (excludes halogenated alkanes) is 8. The second kappa shape index (κ2) is 10.8. The molecule has 0 aliphatic carbocycles. The molecule has 3 aromatic rings. The molecule has 0 N–H and O–H groups in total. The van der Waals surface area contributed by atoms with Crippen LogP contribution in [-0.2, 0) is 6.42 Å². The maximum Gasteiger partial charge on any atom is 0.265 e. The van der Waals surface area contributed by atoms with E-state index >= 15 is 0 Å². The van der Waals surface area contributed by atoms with Crippen LogP contribution in [0.2, 0.25) is 0 Å². The second-order valence-corrected chi connectivity index (χ2v) is 7.60. The van der Waals surface area contributed by atoms with Gasteiger partial charge in [-0.2, -0.15) is 0 Å². The van der Waals surface area contributed by atoms with Crippen LogP contribution in [0.15, 0.2) is 59.4 Å². The Labute approximate surface area is 168 Å². The third-order valence-corrected chi connectivity index (χ3v) is 5.36. The van der Waals surface area contributed by atoms with Crippen molar-refractivity contribution in [1.82, 2.24) is 9.55 Å². The van der Waals surface area contributed by atoms with E-state index in [1.165, 1.54) is 51.4 Å². The van der Waals surface area contributed by atoms with Crippen LogP contribution in [0.1, 0.15) is 70.5 Å². The van der Waals surface area contributed by atoms with Gasteiger partial charge >= 0.3 is 0 Å². The first-order chi connectivity index (χ1) is 13.8. The Kier molecular flexibility index (Phi) is 7.83. The lowest BCUT2D eigenvalue weighted by atomic mass is 10.1. The first kappa shape index (κ1) is 20.3. The number of aryl methyl sites for hydroxylation is 1. The van der Waals surface area contributed by atoms with Crippen molar-refractivity contribution in [1.29, 1.82) is 0 Å². The highest BCUT2D eigenvalue weighted by molar-refractivity contribution is 5.77. The fourth-order valence-corrected chi connectivity index (χ4v) is 3.78. The van der Waals surface area contributed by atoms with Crippen molar-refractivity contribution >= 4 is 10.9 Å². The van der Waals surface area contributed by atoms with E-state index in [-0.39, 0.29) is 5.56 Å². The van der Waals surface area contributed by atoms with Gasteiger partial charge in [0.05, 0.1) is 16.6 Å². The number of hydrogen-bond acceptors (Lipinski definition) is 2. The summed E-state index contributed by atoms with van der Waals surface area (Å²) in [5, 5.41) is 0.683. The van der Waals surface area contributed by atoms with E-state index in [2.05, 4.69) is 6.92 Å². The van der Waals surface area contributed by atoms with Gasteiger partial charge in [0.25, 0.3) is 5.56 Å². The van der Waals surface area contributed by atoms with E-state index in [9.17, 15) is 4.79 Å². The van der Waals surface area contributed by atoms with Crippen LogP contribution in [0.3, 0.4) is 0 Å². The van der Waals surface area contributed by atoms with Crippen molar-refractivity contribution in [3.8, 4) is 5.69 Å². The fraction of sp³-hybridized carbons (Fsp3) is 0.440. The quantitative estimate of drug-likeness (QED) is 0.360. The highest BCUT2D eigenvalue weighted by atomic mass is 16.1. The summed E-state index contributed by atoms with van der Waals surface area (Å²) in [6, 6.07) is 17.5. The molecule has 0 atom stereocenters. The van der Waals surface area contributed by atoms with Crippen molar-refractivity contribution in [3.05, 3.63) is 70.8 Å². The van der Waals surface area contributed by atoms with Gasteiger partial charge in [0.15, 0.2) is 0 Å². The molecule has 0 unspecified atom stereocenters. The minimum absolute atomic E-state index is 0.0303. The predicted octanol–water partition coefficient (Wildman–Crippen LogP) is 6.46. The minimum Gasteiger partial charge on any atom is -0.268 e. The Morgan fingerprint density at radius 3 is 2.07 bits per heavy atom. The molecule has 3 rings (SSSR count). The molecule has 0 bridgehead atoms. The van der Waals surface area contributed by atoms with Crippen LogP contribution in [0, 0.1) is 0 Å². The molecule has 1 heterocycles. The van der Waals surface area contributed by atoms with Crippen LogP contribution in [0.4, 0.5) is 0 Å². The van der Waals surface area contributed by atoms with Crippen molar-refractivity contribution in [3.63, 3.8) is 0 Å². The summed E-state index contributed by atoms with van der Waals surface area (Å²) >= 11 is 0. The van der Waals surface area contributed by atoms with Crippen LogP contribution in [0.25, 0.3) is 16.6 Å². The molecule has 0 radical (unpaired) electrons.